The van der Waals surface area contributed by atoms with Gasteiger partial charge in [0, 0.05) is 22.8 Å². The molecule has 0 fully saturated rings. The van der Waals surface area contributed by atoms with E-state index >= 15 is 0 Å². The Morgan fingerprint density at radius 3 is 2.42 bits per heavy atom. The maximum Gasteiger partial charge on any atom is 0.124 e. The molecule has 0 spiro atoms. The smallest absolute Gasteiger partial charge is 0.124 e. The summed E-state index contributed by atoms with van der Waals surface area (Å²) in [5.41, 5.74) is 9.42. The van der Waals surface area contributed by atoms with Crippen LogP contribution in [0, 0.1) is 0 Å². The Kier molecular flexibility index (Phi) is 4.45. The molecule has 3 nitrogen and oxygen atoms in total. The number of benzene rings is 2. The average Bonchev–Trinajstić information content (AvgIpc) is 2.46. The van der Waals surface area contributed by atoms with E-state index in [1.807, 2.05) is 49.5 Å². The number of rotatable bonds is 4. The third kappa shape index (κ3) is 3.08. The first kappa shape index (κ1) is 13.9. The molecule has 0 aliphatic carbocycles. The first-order chi connectivity index (χ1) is 9.15. The Balaban J connectivity index is 2.36. The molecule has 1 unspecified atom stereocenters. The molecule has 0 saturated heterocycles. The van der Waals surface area contributed by atoms with Gasteiger partial charge < -0.3 is 15.8 Å². The van der Waals surface area contributed by atoms with Crippen molar-refractivity contribution in [3.05, 3.63) is 58.1 Å². The van der Waals surface area contributed by atoms with E-state index in [4.69, 9.17) is 10.5 Å². The van der Waals surface area contributed by atoms with Gasteiger partial charge in [0.1, 0.15) is 5.75 Å². The summed E-state index contributed by atoms with van der Waals surface area (Å²) in [5, 5.41) is 3.09. The molecule has 0 bridgehead atoms. The van der Waals surface area contributed by atoms with Gasteiger partial charge in [-0.05, 0) is 35.9 Å². The highest BCUT2D eigenvalue weighted by Crippen LogP contribution is 2.31. The molecule has 0 aromatic heterocycles. The summed E-state index contributed by atoms with van der Waals surface area (Å²) in [6.45, 7) is 0. The minimum absolute atomic E-state index is 0.210. The zero-order chi connectivity index (χ0) is 13.8. The fourth-order valence-electron chi connectivity index (χ4n) is 1.98. The van der Waals surface area contributed by atoms with Crippen molar-refractivity contribution in [1.29, 1.82) is 0 Å². The van der Waals surface area contributed by atoms with Crippen molar-refractivity contribution in [3.8, 4) is 5.75 Å². The number of ether oxygens (including phenoxy) is 1. The van der Waals surface area contributed by atoms with Gasteiger partial charge in [0.15, 0.2) is 0 Å². The van der Waals surface area contributed by atoms with Gasteiger partial charge in [0.2, 0.25) is 0 Å². The van der Waals surface area contributed by atoms with E-state index < -0.39 is 0 Å². The molecule has 0 radical (unpaired) electrons. The Morgan fingerprint density at radius 1 is 1.16 bits per heavy atom. The molecule has 100 valence electrons. The minimum Gasteiger partial charge on any atom is -0.496 e. The average molecular weight is 321 g/mol. The van der Waals surface area contributed by atoms with Crippen LogP contribution in [0.15, 0.2) is 46.9 Å². The van der Waals surface area contributed by atoms with Crippen LogP contribution in [0.2, 0.25) is 0 Å². The fraction of sp³-hybridized carbons (Fsp3) is 0.200. The maximum absolute atomic E-state index is 6.33. The fourth-order valence-corrected chi connectivity index (χ4v) is 2.36. The number of methoxy groups -OCH3 is 1. The second-order valence-corrected chi connectivity index (χ2v) is 5.15. The molecule has 0 saturated carbocycles. The van der Waals surface area contributed by atoms with E-state index in [1.165, 1.54) is 0 Å². The molecule has 0 amide bonds. The predicted octanol–water partition coefficient (Wildman–Crippen LogP) is 3.55. The third-order valence-electron chi connectivity index (χ3n) is 3.09. The number of hydrogen-bond acceptors (Lipinski definition) is 3. The molecule has 2 rings (SSSR count). The van der Waals surface area contributed by atoms with Crippen LogP contribution in [-0.2, 0) is 0 Å². The number of hydrogen-bond donors (Lipinski definition) is 2. The van der Waals surface area contributed by atoms with Crippen LogP contribution in [0.4, 0.5) is 5.69 Å². The summed E-state index contributed by atoms with van der Waals surface area (Å²) in [5.74, 6) is 0.799. The quantitative estimate of drug-likeness (QED) is 0.905. The largest absolute Gasteiger partial charge is 0.496 e. The van der Waals surface area contributed by atoms with Crippen LogP contribution in [0.1, 0.15) is 17.2 Å². The van der Waals surface area contributed by atoms with Crippen molar-refractivity contribution >= 4 is 21.6 Å². The summed E-state index contributed by atoms with van der Waals surface area (Å²) < 4.78 is 6.37. The van der Waals surface area contributed by atoms with Crippen LogP contribution in [-0.4, -0.2) is 14.2 Å². The third-order valence-corrected chi connectivity index (χ3v) is 3.58. The van der Waals surface area contributed by atoms with Gasteiger partial charge in [-0.15, -0.1) is 0 Å². The number of halogens is 1. The minimum atomic E-state index is -0.210. The molecule has 4 heteroatoms. The van der Waals surface area contributed by atoms with Gasteiger partial charge >= 0.3 is 0 Å². The van der Waals surface area contributed by atoms with Crippen LogP contribution >= 0.6 is 15.9 Å². The Labute approximate surface area is 121 Å². The molecular formula is C15H17BrN2O. The molecule has 0 aliphatic heterocycles. The van der Waals surface area contributed by atoms with Crippen molar-refractivity contribution < 1.29 is 4.74 Å². The van der Waals surface area contributed by atoms with Crippen LogP contribution in [0.3, 0.4) is 0 Å². The van der Waals surface area contributed by atoms with Gasteiger partial charge in [-0.3, -0.25) is 0 Å². The Bertz CT molecular complexity index is 555. The van der Waals surface area contributed by atoms with Crippen molar-refractivity contribution in [2.75, 3.05) is 19.5 Å². The summed E-state index contributed by atoms with van der Waals surface area (Å²) in [6, 6.07) is 13.7. The van der Waals surface area contributed by atoms with Gasteiger partial charge in [0.25, 0.3) is 0 Å². The number of nitrogens with one attached hydrogen (secondary N) is 1. The van der Waals surface area contributed by atoms with Crippen LogP contribution in [0.25, 0.3) is 0 Å². The van der Waals surface area contributed by atoms with E-state index in [-0.39, 0.29) is 6.04 Å². The lowest BCUT2D eigenvalue weighted by molar-refractivity contribution is 0.407. The van der Waals surface area contributed by atoms with E-state index in [9.17, 15) is 0 Å². The lowest BCUT2D eigenvalue weighted by Gasteiger charge is -2.17. The van der Waals surface area contributed by atoms with Crippen molar-refractivity contribution in [1.82, 2.24) is 0 Å². The highest BCUT2D eigenvalue weighted by atomic mass is 79.9. The van der Waals surface area contributed by atoms with Crippen LogP contribution < -0.4 is 15.8 Å². The highest BCUT2D eigenvalue weighted by molar-refractivity contribution is 9.10. The molecule has 0 heterocycles. The monoisotopic (exact) mass is 320 g/mol. The number of nitrogens with two attached hydrogens (primary N) is 1. The second kappa shape index (κ2) is 6.08. The van der Waals surface area contributed by atoms with Gasteiger partial charge in [0.05, 0.1) is 13.2 Å². The number of anilines is 1. The lowest BCUT2D eigenvalue weighted by Crippen LogP contribution is -2.13. The van der Waals surface area contributed by atoms with Gasteiger partial charge in [-0.2, -0.15) is 0 Å². The summed E-state index contributed by atoms with van der Waals surface area (Å²) in [6.07, 6.45) is 0. The van der Waals surface area contributed by atoms with E-state index in [0.29, 0.717) is 0 Å². The SMILES string of the molecule is CNc1ccc(C(N)c2cc(Br)ccc2OC)cc1. The summed E-state index contributed by atoms with van der Waals surface area (Å²) in [7, 11) is 3.55. The Morgan fingerprint density at radius 2 is 1.84 bits per heavy atom. The maximum atomic E-state index is 6.33. The predicted molar refractivity (Wildman–Crippen MR) is 82.7 cm³/mol. The van der Waals surface area contributed by atoms with Crippen molar-refractivity contribution in [3.63, 3.8) is 0 Å². The summed E-state index contributed by atoms with van der Waals surface area (Å²) in [4.78, 5) is 0. The normalized spacial score (nSPS) is 12.0. The molecule has 0 aliphatic rings. The zero-order valence-electron chi connectivity index (χ0n) is 11.0. The lowest BCUT2D eigenvalue weighted by atomic mass is 9.98. The summed E-state index contributed by atoms with van der Waals surface area (Å²) >= 11 is 3.47. The molecular weight excluding hydrogens is 304 g/mol. The van der Waals surface area contributed by atoms with Gasteiger partial charge in [-0.1, -0.05) is 28.1 Å². The second-order valence-electron chi connectivity index (χ2n) is 4.24. The van der Waals surface area contributed by atoms with E-state index in [2.05, 4.69) is 21.2 Å². The van der Waals surface area contributed by atoms with Gasteiger partial charge in [-0.25, -0.2) is 0 Å². The van der Waals surface area contributed by atoms with E-state index in [0.717, 1.165) is 27.0 Å². The molecule has 2 aromatic carbocycles. The highest BCUT2D eigenvalue weighted by Gasteiger charge is 2.14. The zero-order valence-corrected chi connectivity index (χ0v) is 12.6. The van der Waals surface area contributed by atoms with E-state index in [1.54, 1.807) is 7.11 Å². The van der Waals surface area contributed by atoms with Crippen LogP contribution in [0.5, 0.6) is 5.75 Å². The first-order valence-corrected chi connectivity index (χ1v) is 6.81. The Hall–Kier alpha value is -1.52. The molecule has 2 aromatic rings. The van der Waals surface area contributed by atoms with Crippen molar-refractivity contribution in [2.24, 2.45) is 5.73 Å². The first-order valence-electron chi connectivity index (χ1n) is 6.02. The topological polar surface area (TPSA) is 47.3 Å². The molecule has 3 N–H and O–H groups in total. The van der Waals surface area contributed by atoms with Crippen molar-refractivity contribution in [2.45, 2.75) is 6.04 Å². The molecule has 19 heavy (non-hydrogen) atoms. The standard InChI is InChI=1S/C15H17BrN2O/c1-18-12-6-3-10(4-7-12)15(17)13-9-11(16)5-8-14(13)19-2/h3-9,15,18H,17H2,1-2H3. The molecule has 1 atom stereocenters.